The molecule has 0 unspecified atom stereocenters. The molecule has 0 radical (unpaired) electrons. The zero-order valence-corrected chi connectivity index (χ0v) is 8.56. The summed E-state index contributed by atoms with van der Waals surface area (Å²) in [5.41, 5.74) is 0. The number of cyclic esters (lactones) is 1. The lowest BCUT2D eigenvalue weighted by Gasteiger charge is -2.26. The number of hydrogen-bond acceptors (Lipinski definition) is 4. The van der Waals surface area contributed by atoms with Crippen LogP contribution in [0.15, 0.2) is 11.8 Å². The lowest BCUT2D eigenvalue weighted by Crippen LogP contribution is -2.56. The molecule has 108 valence electrons. The van der Waals surface area contributed by atoms with E-state index in [4.69, 9.17) is 0 Å². The monoisotopic (exact) mass is 296 g/mol. The summed E-state index contributed by atoms with van der Waals surface area (Å²) < 4.78 is 93.2. The standard InChI is InChI=1S/C8H3F7O4/c9-6(10,7(11,12)8(13,14)15)5(17)19-3-1-4(16)18-2-3/h1H,2H2. The quantitative estimate of drug-likeness (QED) is 0.588. The first-order valence-corrected chi connectivity index (χ1v) is 4.31. The van der Waals surface area contributed by atoms with E-state index in [2.05, 4.69) is 9.47 Å². The Morgan fingerprint density at radius 1 is 1.16 bits per heavy atom. The molecule has 0 fully saturated rings. The lowest BCUT2D eigenvalue weighted by molar-refractivity contribution is -0.347. The van der Waals surface area contributed by atoms with E-state index in [0.717, 1.165) is 0 Å². The third kappa shape index (κ3) is 2.63. The number of ether oxygens (including phenoxy) is 2. The molecule has 19 heavy (non-hydrogen) atoms. The van der Waals surface area contributed by atoms with E-state index in [1.165, 1.54) is 0 Å². The fraction of sp³-hybridized carbons (Fsp3) is 0.500. The predicted octanol–water partition coefficient (Wildman–Crippen LogP) is 1.80. The van der Waals surface area contributed by atoms with Gasteiger partial charge in [0.25, 0.3) is 0 Å². The highest BCUT2D eigenvalue weighted by molar-refractivity contribution is 5.86. The number of rotatable bonds is 3. The van der Waals surface area contributed by atoms with Crippen LogP contribution in [0.2, 0.25) is 0 Å². The summed E-state index contributed by atoms with van der Waals surface area (Å²) in [6.07, 6.45) is -6.29. The number of halogens is 7. The fourth-order valence-corrected chi connectivity index (χ4v) is 0.905. The van der Waals surface area contributed by atoms with Crippen molar-refractivity contribution in [3.05, 3.63) is 11.8 Å². The van der Waals surface area contributed by atoms with Crippen molar-refractivity contribution in [1.82, 2.24) is 0 Å². The summed E-state index contributed by atoms with van der Waals surface area (Å²) >= 11 is 0. The van der Waals surface area contributed by atoms with Gasteiger partial charge in [-0.15, -0.1) is 0 Å². The SMILES string of the molecule is O=C1C=C(OC(=O)C(F)(F)C(F)(F)C(F)(F)F)CO1. The molecule has 0 amide bonds. The summed E-state index contributed by atoms with van der Waals surface area (Å²) in [5, 5.41) is 0. The maximum atomic E-state index is 12.7. The summed E-state index contributed by atoms with van der Waals surface area (Å²) in [7, 11) is 0. The molecule has 0 aromatic carbocycles. The largest absolute Gasteiger partial charge is 0.460 e. The molecule has 0 saturated carbocycles. The molecular formula is C8H3F7O4. The average molecular weight is 296 g/mol. The van der Waals surface area contributed by atoms with E-state index in [0.29, 0.717) is 6.08 Å². The van der Waals surface area contributed by atoms with Gasteiger partial charge in [-0.05, 0) is 0 Å². The predicted molar refractivity (Wildman–Crippen MR) is 41.1 cm³/mol. The van der Waals surface area contributed by atoms with Gasteiger partial charge in [-0.3, -0.25) is 0 Å². The van der Waals surface area contributed by atoms with Crippen LogP contribution < -0.4 is 0 Å². The maximum Gasteiger partial charge on any atom is 0.460 e. The van der Waals surface area contributed by atoms with Crippen molar-refractivity contribution >= 4 is 11.9 Å². The molecule has 1 heterocycles. The minimum absolute atomic E-state index is 0.361. The smallest absolute Gasteiger partial charge is 0.454 e. The van der Waals surface area contributed by atoms with E-state index < -0.39 is 42.3 Å². The molecule has 0 aromatic heterocycles. The van der Waals surface area contributed by atoms with Gasteiger partial charge in [-0.2, -0.15) is 30.7 Å². The van der Waals surface area contributed by atoms with Crippen molar-refractivity contribution < 1.29 is 49.8 Å². The van der Waals surface area contributed by atoms with Gasteiger partial charge in [0.2, 0.25) is 0 Å². The highest BCUT2D eigenvalue weighted by Gasteiger charge is 2.77. The summed E-state index contributed by atoms with van der Waals surface area (Å²) in [6, 6.07) is 0. The Labute approximate surface area is 99.3 Å². The minimum atomic E-state index is -6.65. The molecule has 0 aliphatic carbocycles. The van der Waals surface area contributed by atoms with E-state index >= 15 is 0 Å². The molecule has 0 N–H and O–H groups in total. The van der Waals surface area contributed by atoms with Crippen LogP contribution in [0.3, 0.4) is 0 Å². The van der Waals surface area contributed by atoms with Crippen LogP contribution in [0, 0.1) is 0 Å². The normalized spacial score (nSPS) is 17.0. The van der Waals surface area contributed by atoms with Crippen molar-refractivity contribution in [2.75, 3.05) is 6.61 Å². The van der Waals surface area contributed by atoms with Crippen molar-refractivity contribution in [2.24, 2.45) is 0 Å². The number of esters is 2. The average Bonchev–Trinajstić information content (AvgIpc) is 2.61. The van der Waals surface area contributed by atoms with Crippen molar-refractivity contribution in [2.45, 2.75) is 18.0 Å². The molecule has 11 heteroatoms. The topological polar surface area (TPSA) is 52.6 Å². The van der Waals surface area contributed by atoms with Crippen molar-refractivity contribution in [1.29, 1.82) is 0 Å². The molecule has 0 bridgehead atoms. The van der Waals surface area contributed by atoms with Crippen molar-refractivity contribution in [3.63, 3.8) is 0 Å². The molecular weight excluding hydrogens is 293 g/mol. The molecule has 0 spiro atoms. The van der Waals surface area contributed by atoms with Crippen LogP contribution in [-0.2, 0) is 19.1 Å². The van der Waals surface area contributed by atoms with Gasteiger partial charge in [0.1, 0.15) is 6.61 Å². The van der Waals surface area contributed by atoms with Crippen LogP contribution in [0.4, 0.5) is 30.7 Å². The molecule has 1 aliphatic rings. The lowest BCUT2D eigenvalue weighted by atomic mass is 10.1. The molecule has 4 nitrogen and oxygen atoms in total. The Bertz CT molecular complexity index is 437. The zero-order valence-electron chi connectivity index (χ0n) is 8.56. The minimum Gasteiger partial charge on any atom is -0.454 e. The Hall–Kier alpha value is -1.81. The molecule has 0 aromatic rings. The molecule has 1 rings (SSSR count). The van der Waals surface area contributed by atoms with Crippen LogP contribution in [0.5, 0.6) is 0 Å². The van der Waals surface area contributed by atoms with Crippen LogP contribution >= 0.6 is 0 Å². The Kier molecular flexibility index (Phi) is 3.52. The van der Waals surface area contributed by atoms with Crippen LogP contribution in [0.25, 0.3) is 0 Å². The summed E-state index contributed by atoms with van der Waals surface area (Å²) in [4.78, 5) is 21.1. The van der Waals surface area contributed by atoms with Crippen LogP contribution in [-0.4, -0.2) is 36.6 Å². The van der Waals surface area contributed by atoms with Gasteiger partial charge < -0.3 is 9.47 Å². The highest BCUT2D eigenvalue weighted by atomic mass is 19.4. The second-order valence-electron chi connectivity index (χ2n) is 3.25. The maximum absolute atomic E-state index is 12.7. The second kappa shape index (κ2) is 4.38. The van der Waals surface area contributed by atoms with Gasteiger partial charge in [0, 0.05) is 0 Å². The van der Waals surface area contributed by atoms with Gasteiger partial charge in [-0.25, -0.2) is 9.59 Å². The number of alkyl halides is 7. The first-order valence-electron chi connectivity index (χ1n) is 4.31. The van der Waals surface area contributed by atoms with E-state index in [9.17, 15) is 40.3 Å². The highest BCUT2D eigenvalue weighted by Crippen LogP contribution is 2.47. The molecule has 0 saturated heterocycles. The first kappa shape index (κ1) is 15.2. The van der Waals surface area contributed by atoms with Crippen molar-refractivity contribution in [3.8, 4) is 0 Å². The fourth-order valence-electron chi connectivity index (χ4n) is 0.905. The summed E-state index contributed by atoms with van der Waals surface area (Å²) in [5.74, 6) is -17.9. The van der Waals surface area contributed by atoms with Gasteiger partial charge in [-0.1, -0.05) is 0 Å². The number of carbonyl (C=O) groups excluding carboxylic acids is 2. The zero-order chi connectivity index (χ0) is 15.1. The van der Waals surface area contributed by atoms with Gasteiger partial charge in [0.05, 0.1) is 6.08 Å². The van der Waals surface area contributed by atoms with Gasteiger partial charge in [0.15, 0.2) is 5.76 Å². The van der Waals surface area contributed by atoms with E-state index in [-0.39, 0.29) is 0 Å². The van der Waals surface area contributed by atoms with Gasteiger partial charge >= 0.3 is 30.0 Å². The molecule has 0 atom stereocenters. The number of hydrogen-bond donors (Lipinski definition) is 0. The second-order valence-corrected chi connectivity index (χ2v) is 3.25. The third-order valence-electron chi connectivity index (χ3n) is 1.87. The molecule has 1 aliphatic heterocycles. The first-order chi connectivity index (χ1) is 8.39. The Balaban J connectivity index is 2.91. The van der Waals surface area contributed by atoms with E-state index in [1.807, 2.05) is 0 Å². The summed E-state index contributed by atoms with van der Waals surface area (Å²) in [6.45, 7) is -0.821. The third-order valence-corrected chi connectivity index (χ3v) is 1.87. The number of carbonyl (C=O) groups is 2. The van der Waals surface area contributed by atoms with E-state index in [1.54, 1.807) is 0 Å². The Morgan fingerprint density at radius 2 is 1.68 bits per heavy atom. The Morgan fingerprint density at radius 3 is 2.05 bits per heavy atom. The van der Waals surface area contributed by atoms with Crippen LogP contribution in [0.1, 0.15) is 0 Å².